The minimum atomic E-state index is -4.32. The lowest BCUT2D eigenvalue weighted by Gasteiger charge is -2.16. The van der Waals surface area contributed by atoms with Gasteiger partial charge in [0.15, 0.2) is 6.61 Å². The second-order valence-electron chi connectivity index (χ2n) is 2.27. The molecule has 0 aromatic heterocycles. The van der Waals surface area contributed by atoms with E-state index in [1.54, 1.807) is 0 Å². The summed E-state index contributed by atoms with van der Waals surface area (Å²) < 4.78 is 34.7. The Bertz CT molecular complexity index is 191. The van der Waals surface area contributed by atoms with Gasteiger partial charge in [-0.05, 0) is 0 Å². The van der Waals surface area contributed by atoms with Crippen molar-refractivity contribution >= 4 is 0 Å². The van der Waals surface area contributed by atoms with E-state index in [4.69, 9.17) is 5.73 Å². The van der Waals surface area contributed by atoms with Crippen LogP contribution in [0.15, 0.2) is 11.9 Å². The molecule has 0 aliphatic carbocycles. The van der Waals surface area contributed by atoms with Crippen molar-refractivity contribution in [3.8, 4) is 0 Å². The van der Waals surface area contributed by atoms with Crippen LogP contribution in [0.4, 0.5) is 13.2 Å². The Kier molecular flexibility index (Phi) is 2.43. The van der Waals surface area contributed by atoms with Gasteiger partial charge in [0.1, 0.15) is 0 Å². The predicted molar refractivity (Wildman–Crippen MR) is 34.1 cm³/mol. The zero-order chi connectivity index (χ0) is 9.19. The molecule has 0 aromatic rings. The maximum Gasteiger partial charge on any atom is 0.413 e. The van der Waals surface area contributed by atoms with Crippen LogP contribution in [0, 0.1) is 0 Å². The molecule has 0 amide bonds. The summed E-state index contributed by atoms with van der Waals surface area (Å²) >= 11 is 0. The monoisotopic (exact) mass is 183 g/mol. The van der Waals surface area contributed by atoms with Crippen molar-refractivity contribution in [2.45, 2.75) is 6.18 Å². The van der Waals surface area contributed by atoms with E-state index in [1.165, 1.54) is 6.20 Å². The highest BCUT2D eigenvalue weighted by molar-refractivity contribution is 5.00. The number of hydroxylamine groups is 1. The summed E-state index contributed by atoms with van der Waals surface area (Å²) in [5, 5.41) is 0.919. The van der Waals surface area contributed by atoms with Gasteiger partial charge in [0.2, 0.25) is 0 Å². The van der Waals surface area contributed by atoms with Crippen LogP contribution in [0.5, 0.6) is 0 Å². The van der Waals surface area contributed by atoms with Crippen molar-refractivity contribution in [2.75, 3.05) is 13.2 Å². The average Bonchev–Trinajstić information content (AvgIpc) is 2.30. The number of hydrogen-bond acceptors (Lipinski definition) is 4. The summed E-state index contributed by atoms with van der Waals surface area (Å²) in [5.41, 5.74) is 8.09. The van der Waals surface area contributed by atoms with Gasteiger partial charge in [0.25, 0.3) is 0 Å². The highest BCUT2D eigenvalue weighted by atomic mass is 19.4. The molecule has 4 nitrogen and oxygen atoms in total. The minimum absolute atomic E-state index is 0.135. The minimum Gasteiger partial charge on any atom is -0.400 e. The second kappa shape index (κ2) is 3.20. The molecular weight excluding hydrogens is 175 g/mol. The first-order chi connectivity index (χ1) is 5.47. The summed E-state index contributed by atoms with van der Waals surface area (Å²) in [5.74, 6) is 0. The van der Waals surface area contributed by atoms with Crippen molar-refractivity contribution in [1.29, 1.82) is 0 Å². The van der Waals surface area contributed by atoms with Gasteiger partial charge in [-0.2, -0.15) is 13.2 Å². The van der Waals surface area contributed by atoms with Crippen LogP contribution in [0.3, 0.4) is 0 Å². The largest absolute Gasteiger partial charge is 0.413 e. The SMILES string of the molecule is NC1=CNN(OCC(F)(F)F)C1. The Morgan fingerprint density at radius 3 is 2.75 bits per heavy atom. The molecular formula is C5H8F3N3O. The second-order valence-corrected chi connectivity index (χ2v) is 2.27. The fourth-order valence-electron chi connectivity index (χ4n) is 0.646. The van der Waals surface area contributed by atoms with Crippen LogP contribution in [0.2, 0.25) is 0 Å². The van der Waals surface area contributed by atoms with Gasteiger partial charge in [0.05, 0.1) is 6.54 Å². The molecule has 0 bridgehead atoms. The maximum absolute atomic E-state index is 11.6. The molecule has 1 aliphatic rings. The van der Waals surface area contributed by atoms with Crippen molar-refractivity contribution in [3.05, 3.63) is 11.9 Å². The first-order valence-electron chi connectivity index (χ1n) is 3.15. The number of nitrogens with one attached hydrogen (secondary N) is 1. The molecule has 0 radical (unpaired) electrons. The Labute approximate surface area is 66.7 Å². The van der Waals surface area contributed by atoms with Gasteiger partial charge in [-0.15, -0.1) is 0 Å². The highest BCUT2D eigenvalue weighted by Crippen LogP contribution is 2.15. The average molecular weight is 183 g/mol. The lowest BCUT2D eigenvalue weighted by atomic mass is 10.5. The lowest BCUT2D eigenvalue weighted by molar-refractivity contribution is -0.259. The van der Waals surface area contributed by atoms with E-state index in [2.05, 4.69) is 10.3 Å². The molecule has 12 heavy (non-hydrogen) atoms. The summed E-state index contributed by atoms with van der Waals surface area (Å²) in [6, 6.07) is 0. The van der Waals surface area contributed by atoms with Gasteiger partial charge in [-0.3, -0.25) is 4.84 Å². The molecule has 0 unspecified atom stereocenters. The third-order valence-electron chi connectivity index (χ3n) is 1.10. The van der Waals surface area contributed by atoms with Crippen molar-refractivity contribution in [2.24, 2.45) is 5.73 Å². The summed E-state index contributed by atoms with van der Waals surface area (Å²) in [6.45, 7) is -1.18. The van der Waals surface area contributed by atoms with Crippen molar-refractivity contribution in [1.82, 2.24) is 10.6 Å². The third kappa shape index (κ3) is 2.97. The van der Waals surface area contributed by atoms with E-state index in [-0.39, 0.29) is 6.54 Å². The molecule has 0 aromatic carbocycles. The van der Waals surface area contributed by atoms with Crippen LogP contribution in [-0.2, 0) is 4.84 Å². The van der Waals surface area contributed by atoms with E-state index in [9.17, 15) is 13.2 Å². The number of hydrogen-bond donors (Lipinski definition) is 2. The topological polar surface area (TPSA) is 50.5 Å². The van der Waals surface area contributed by atoms with Crippen molar-refractivity contribution in [3.63, 3.8) is 0 Å². The van der Waals surface area contributed by atoms with E-state index in [0.29, 0.717) is 5.70 Å². The fourth-order valence-corrected chi connectivity index (χ4v) is 0.646. The van der Waals surface area contributed by atoms with Crippen molar-refractivity contribution < 1.29 is 18.0 Å². The highest BCUT2D eigenvalue weighted by Gasteiger charge is 2.29. The fraction of sp³-hybridized carbons (Fsp3) is 0.600. The van der Waals surface area contributed by atoms with Crippen LogP contribution >= 0.6 is 0 Å². The molecule has 0 fully saturated rings. The molecule has 1 aliphatic heterocycles. The van der Waals surface area contributed by atoms with Gasteiger partial charge >= 0.3 is 6.18 Å². The molecule has 0 spiro atoms. The number of alkyl halides is 3. The summed E-state index contributed by atoms with van der Waals surface area (Å²) in [6.07, 6.45) is -2.95. The Morgan fingerprint density at radius 1 is 1.67 bits per heavy atom. The van der Waals surface area contributed by atoms with Gasteiger partial charge in [-0.1, -0.05) is 5.17 Å². The molecule has 7 heteroatoms. The maximum atomic E-state index is 11.6. The normalized spacial score (nSPS) is 19.1. The molecule has 1 rings (SSSR count). The molecule has 0 saturated heterocycles. The van der Waals surface area contributed by atoms with Crippen LogP contribution in [0.25, 0.3) is 0 Å². The third-order valence-corrected chi connectivity index (χ3v) is 1.10. The number of halogens is 3. The predicted octanol–water partition coefficient (Wildman–Crippen LogP) is 0.101. The summed E-state index contributed by atoms with van der Waals surface area (Å²) in [4.78, 5) is 4.30. The molecule has 0 atom stereocenters. The first kappa shape index (κ1) is 9.14. The van der Waals surface area contributed by atoms with Crippen LogP contribution in [0.1, 0.15) is 0 Å². The first-order valence-corrected chi connectivity index (χ1v) is 3.15. The van der Waals surface area contributed by atoms with E-state index in [0.717, 1.165) is 5.17 Å². The smallest absolute Gasteiger partial charge is 0.400 e. The number of nitrogens with two attached hydrogens (primary N) is 1. The quantitative estimate of drug-likeness (QED) is 0.637. The summed E-state index contributed by atoms with van der Waals surface area (Å²) in [7, 11) is 0. The zero-order valence-corrected chi connectivity index (χ0v) is 6.06. The number of rotatable bonds is 2. The lowest BCUT2D eigenvalue weighted by Crippen LogP contribution is -2.34. The Hall–Kier alpha value is -0.950. The zero-order valence-electron chi connectivity index (χ0n) is 6.06. The molecule has 0 saturated carbocycles. The Balaban J connectivity index is 2.18. The van der Waals surface area contributed by atoms with E-state index >= 15 is 0 Å². The molecule has 70 valence electrons. The van der Waals surface area contributed by atoms with Gasteiger partial charge in [0, 0.05) is 11.9 Å². The van der Waals surface area contributed by atoms with Gasteiger partial charge < -0.3 is 11.2 Å². The molecule has 1 heterocycles. The van der Waals surface area contributed by atoms with E-state index < -0.39 is 12.8 Å². The van der Waals surface area contributed by atoms with Gasteiger partial charge in [-0.25, -0.2) is 0 Å². The number of hydrazine groups is 1. The Morgan fingerprint density at radius 2 is 2.33 bits per heavy atom. The number of nitrogens with zero attached hydrogens (tertiary/aromatic N) is 1. The standard InChI is InChI=1S/C5H8F3N3O/c6-5(7,8)3-12-11-2-4(9)1-10-11/h1,10H,2-3,9H2. The van der Waals surface area contributed by atoms with Crippen LogP contribution < -0.4 is 11.2 Å². The van der Waals surface area contributed by atoms with Crippen LogP contribution in [-0.4, -0.2) is 24.5 Å². The molecule has 3 N–H and O–H groups in total. The van der Waals surface area contributed by atoms with E-state index in [1.807, 2.05) is 0 Å².